The van der Waals surface area contributed by atoms with Crippen LogP contribution in [0.2, 0.25) is 0 Å². The molecule has 0 saturated heterocycles. The Kier molecular flexibility index (Phi) is 6.24. The van der Waals surface area contributed by atoms with Crippen LogP contribution in [-0.4, -0.2) is 54.0 Å². The van der Waals surface area contributed by atoms with Gasteiger partial charge in [-0.3, -0.25) is 14.3 Å². The third-order valence-electron chi connectivity index (χ3n) is 1.55. The molecule has 1 N–H and O–H groups in total. The zero-order chi connectivity index (χ0) is 11.2. The van der Waals surface area contributed by atoms with Crippen LogP contribution in [0.3, 0.4) is 0 Å². The van der Waals surface area contributed by atoms with Gasteiger partial charge in [0.15, 0.2) is 0 Å². The molecule has 1 atom stereocenters. The molecule has 0 aromatic carbocycles. The van der Waals surface area contributed by atoms with Gasteiger partial charge in [0.2, 0.25) is 0 Å². The van der Waals surface area contributed by atoms with E-state index in [4.69, 9.17) is 9.25 Å². The summed E-state index contributed by atoms with van der Waals surface area (Å²) in [7, 11) is 0.786. The molecular formula is C8H23N3OP2. The summed E-state index contributed by atoms with van der Waals surface area (Å²) in [4.78, 5) is 0. The van der Waals surface area contributed by atoms with Gasteiger partial charge in [0.1, 0.15) is 7.36 Å². The molecule has 14 heavy (non-hydrogen) atoms. The van der Waals surface area contributed by atoms with Crippen molar-refractivity contribution >= 4 is 14.4 Å². The normalized spacial score (nSPS) is 16.1. The highest BCUT2D eigenvalue weighted by atomic mass is 31.2. The lowest BCUT2D eigenvalue weighted by Gasteiger charge is -2.20. The lowest BCUT2D eigenvalue weighted by molar-refractivity contribution is 0.204. The first kappa shape index (κ1) is 14.4. The summed E-state index contributed by atoms with van der Waals surface area (Å²) < 4.78 is 14.2. The minimum Gasteiger partial charge on any atom is -0.383 e. The van der Waals surface area contributed by atoms with Crippen molar-refractivity contribution in [3.05, 3.63) is 0 Å². The van der Waals surface area contributed by atoms with Crippen molar-refractivity contribution < 1.29 is 4.74 Å². The summed E-state index contributed by atoms with van der Waals surface area (Å²) in [6, 6.07) is 0. The summed E-state index contributed by atoms with van der Waals surface area (Å²) in [5.41, 5.74) is 0. The number of nitrogens with one attached hydrogen (secondary N) is 1. The third-order valence-corrected chi connectivity index (χ3v) is 6.69. The first-order chi connectivity index (χ1) is 6.33. The van der Waals surface area contributed by atoms with Gasteiger partial charge in [-0.1, -0.05) is 0 Å². The molecule has 0 spiro atoms. The molecule has 0 radical (unpaired) electrons. The highest BCUT2D eigenvalue weighted by Gasteiger charge is 2.10. The maximum atomic E-state index is 4.99. The van der Waals surface area contributed by atoms with Crippen LogP contribution in [0.4, 0.5) is 0 Å². The molecule has 0 aliphatic rings. The number of nitrogens with zero attached hydrogens (tertiary/aromatic N) is 2. The van der Waals surface area contributed by atoms with E-state index in [-0.39, 0.29) is 0 Å². The molecule has 0 rings (SSSR count). The number of hydrogen-bond donors (Lipinski definition) is 1. The predicted molar refractivity (Wildman–Crippen MR) is 68.2 cm³/mol. The molecule has 86 valence electrons. The van der Waals surface area contributed by atoms with E-state index < -0.39 is 14.4 Å². The second-order valence-corrected chi connectivity index (χ2v) is 11.2. The van der Waals surface area contributed by atoms with Gasteiger partial charge in [-0.25, -0.2) is 0 Å². The van der Waals surface area contributed by atoms with E-state index in [2.05, 4.69) is 36.5 Å². The first-order valence-corrected chi connectivity index (χ1v) is 9.84. The van der Waals surface area contributed by atoms with E-state index >= 15 is 0 Å². The van der Waals surface area contributed by atoms with Crippen molar-refractivity contribution in [2.75, 3.05) is 54.0 Å². The molecule has 0 aliphatic carbocycles. The molecule has 0 heterocycles. The number of hydrogen-bond acceptors (Lipinski definition) is 2. The van der Waals surface area contributed by atoms with E-state index in [0.717, 1.165) is 6.54 Å². The summed E-state index contributed by atoms with van der Waals surface area (Å²) >= 11 is 0. The summed E-state index contributed by atoms with van der Waals surface area (Å²) in [5, 5.41) is 3.38. The van der Waals surface area contributed by atoms with E-state index in [1.165, 1.54) is 0 Å². The van der Waals surface area contributed by atoms with Crippen LogP contribution in [0.25, 0.3) is 0 Å². The molecule has 0 aromatic rings. The minimum absolute atomic E-state index is 0.712. The molecular weight excluding hydrogens is 216 g/mol. The maximum absolute atomic E-state index is 4.99. The second kappa shape index (κ2) is 6.07. The first-order valence-electron chi connectivity index (χ1n) is 4.61. The minimum atomic E-state index is -1.63. The molecule has 1 unspecified atom stereocenters. The molecule has 0 bridgehead atoms. The van der Waals surface area contributed by atoms with Crippen molar-refractivity contribution in [2.24, 2.45) is 9.26 Å². The van der Waals surface area contributed by atoms with Crippen LogP contribution in [0.1, 0.15) is 0 Å². The Bertz CT molecular complexity index is 261. The fourth-order valence-electron chi connectivity index (χ4n) is 1.02. The van der Waals surface area contributed by atoms with E-state index in [9.17, 15) is 0 Å². The van der Waals surface area contributed by atoms with Gasteiger partial charge >= 0.3 is 0 Å². The standard InChI is InChI=1S/C8H23N3OP2/c1-9-14(6,10-7-8-12-2)11-13(3,4)5/h10H,7-8H2,1-6H3. The Morgan fingerprint density at radius 1 is 1.21 bits per heavy atom. The average molecular weight is 239 g/mol. The SMILES string of the molecule is CN=P(C)(N=P(C)(C)C)NCCOC. The zero-order valence-corrected chi connectivity index (χ0v) is 11.9. The summed E-state index contributed by atoms with van der Waals surface area (Å²) in [5.74, 6) is 0. The Hall–Kier alpha value is 0.380. The Balaban J connectivity index is 4.52. The van der Waals surface area contributed by atoms with Crippen LogP contribution in [0.15, 0.2) is 9.26 Å². The molecule has 0 aliphatic heterocycles. The fraction of sp³-hybridized carbons (Fsp3) is 1.00. The second-order valence-electron chi connectivity index (χ2n) is 4.05. The highest BCUT2D eigenvalue weighted by Crippen LogP contribution is 2.53. The van der Waals surface area contributed by atoms with Gasteiger partial charge in [-0.05, 0) is 27.0 Å². The monoisotopic (exact) mass is 239 g/mol. The van der Waals surface area contributed by atoms with E-state index in [1.54, 1.807) is 7.11 Å². The summed E-state index contributed by atoms with van der Waals surface area (Å²) in [6.45, 7) is 10.2. The van der Waals surface area contributed by atoms with Gasteiger partial charge < -0.3 is 4.74 Å². The van der Waals surface area contributed by atoms with Crippen molar-refractivity contribution in [1.82, 2.24) is 5.09 Å². The smallest absolute Gasteiger partial charge is 0.132 e. The molecule has 6 heteroatoms. The number of ether oxygens (including phenoxy) is 1. The average Bonchev–Trinajstić information content (AvgIpc) is 2.02. The van der Waals surface area contributed by atoms with Gasteiger partial charge in [0.25, 0.3) is 0 Å². The van der Waals surface area contributed by atoms with Crippen LogP contribution >= 0.6 is 14.4 Å². The van der Waals surface area contributed by atoms with Crippen LogP contribution in [0.5, 0.6) is 0 Å². The molecule has 0 amide bonds. The van der Waals surface area contributed by atoms with Crippen molar-refractivity contribution in [3.8, 4) is 0 Å². The fourth-order valence-corrected chi connectivity index (χ4v) is 6.43. The number of rotatable bonds is 5. The van der Waals surface area contributed by atoms with Crippen molar-refractivity contribution in [2.45, 2.75) is 0 Å². The lowest BCUT2D eigenvalue weighted by atomic mass is 10.7. The molecule has 0 aromatic heterocycles. The quantitative estimate of drug-likeness (QED) is 0.592. The summed E-state index contributed by atoms with van der Waals surface area (Å²) in [6.07, 6.45) is 0. The topological polar surface area (TPSA) is 46.0 Å². The van der Waals surface area contributed by atoms with Crippen LogP contribution in [0, 0.1) is 0 Å². The van der Waals surface area contributed by atoms with Gasteiger partial charge in [-0.15, -0.1) is 0 Å². The Morgan fingerprint density at radius 2 is 1.79 bits per heavy atom. The van der Waals surface area contributed by atoms with E-state index in [1.807, 2.05) is 7.05 Å². The van der Waals surface area contributed by atoms with Crippen molar-refractivity contribution in [1.29, 1.82) is 0 Å². The van der Waals surface area contributed by atoms with Gasteiger partial charge in [-0.2, -0.15) is 0 Å². The van der Waals surface area contributed by atoms with Gasteiger partial charge in [0, 0.05) is 27.4 Å². The van der Waals surface area contributed by atoms with Crippen molar-refractivity contribution in [3.63, 3.8) is 0 Å². The number of methoxy groups -OCH3 is 1. The van der Waals surface area contributed by atoms with Crippen LogP contribution in [-0.2, 0) is 4.74 Å². The zero-order valence-electron chi connectivity index (χ0n) is 10.1. The highest BCUT2D eigenvalue weighted by molar-refractivity contribution is 7.74. The molecule has 0 fully saturated rings. The molecule has 0 saturated carbocycles. The predicted octanol–water partition coefficient (Wildman–Crippen LogP) is 2.60. The Morgan fingerprint density at radius 3 is 2.14 bits per heavy atom. The van der Waals surface area contributed by atoms with E-state index in [0.29, 0.717) is 6.61 Å². The van der Waals surface area contributed by atoms with Gasteiger partial charge in [0.05, 0.1) is 6.61 Å². The third kappa shape index (κ3) is 6.78. The Labute approximate surface area is 88.0 Å². The molecule has 4 nitrogen and oxygen atoms in total. The van der Waals surface area contributed by atoms with Crippen LogP contribution < -0.4 is 5.09 Å². The largest absolute Gasteiger partial charge is 0.383 e. The lowest BCUT2D eigenvalue weighted by Crippen LogP contribution is -2.14. The maximum Gasteiger partial charge on any atom is 0.132 e.